The first-order chi connectivity index (χ1) is 11.7. The van der Waals surface area contributed by atoms with Crippen LogP contribution in [-0.4, -0.2) is 26.5 Å². The molecular weight excluding hydrogens is 308 g/mol. The molecule has 0 spiro atoms. The molecule has 1 aliphatic rings. The molecule has 1 heterocycles. The second-order valence-electron chi connectivity index (χ2n) is 5.11. The van der Waals surface area contributed by atoms with Crippen molar-refractivity contribution in [3.05, 3.63) is 48.0 Å². The van der Waals surface area contributed by atoms with Gasteiger partial charge in [-0.3, -0.25) is 0 Å². The number of rotatable bonds is 5. The van der Waals surface area contributed by atoms with Gasteiger partial charge >= 0.3 is 5.97 Å². The van der Waals surface area contributed by atoms with Crippen LogP contribution in [0, 0.1) is 0 Å². The van der Waals surface area contributed by atoms with Crippen LogP contribution in [0.25, 0.3) is 17.2 Å². The Morgan fingerprint density at radius 2 is 1.88 bits per heavy atom. The number of hydrogen-bond donors (Lipinski definition) is 0. The normalized spacial score (nSPS) is 12.4. The van der Waals surface area contributed by atoms with Crippen molar-refractivity contribution >= 4 is 12.0 Å². The minimum Gasteiger partial charge on any atom is -0.497 e. The second kappa shape index (κ2) is 7.08. The summed E-state index contributed by atoms with van der Waals surface area (Å²) in [6, 6.07) is 11.5. The summed E-state index contributed by atoms with van der Waals surface area (Å²) in [6.45, 7) is 2.31. The predicted molar refractivity (Wildman–Crippen MR) is 90.2 cm³/mol. The molecule has 0 aromatic heterocycles. The minimum absolute atomic E-state index is 0.197. The van der Waals surface area contributed by atoms with E-state index >= 15 is 0 Å². The van der Waals surface area contributed by atoms with Crippen molar-refractivity contribution in [2.75, 3.05) is 20.5 Å². The molecule has 0 saturated heterocycles. The molecule has 1 aliphatic heterocycles. The zero-order valence-electron chi connectivity index (χ0n) is 13.6. The molecule has 0 radical (unpaired) electrons. The topological polar surface area (TPSA) is 54.0 Å². The van der Waals surface area contributed by atoms with Crippen LogP contribution < -0.4 is 14.2 Å². The van der Waals surface area contributed by atoms with Crippen LogP contribution in [0.4, 0.5) is 0 Å². The summed E-state index contributed by atoms with van der Waals surface area (Å²) in [7, 11) is 1.63. The van der Waals surface area contributed by atoms with Crippen LogP contribution >= 0.6 is 0 Å². The van der Waals surface area contributed by atoms with Gasteiger partial charge in [0.05, 0.1) is 13.7 Å². The van der Waals surface area contributed by atoms with Crippen molar-refractivity contribution in [2.45, 2.75) is 6.92 Å². The summed E-state index contributed by atoms with van der Waals surface area (Å²) in [5.41, 5.74) is 2.76. The van der Waals surface area contributed by atoms with Gasteiger partial charge < -0.3 is 18.9 Å². The highest BCUT2D eigenvalue weighted by atomic mass is 16.7. The number of fused-ring (bicyclic) bond motifs is 1. The van der Waals surface area contributed by atoms with E-state index in [4.69, 9.17) is 18.9 Å². The number of carbonyl (C=O) groups excluding carboxylic acids is 1. The van der Waals surface area contributed by atoms with E-state index in [9.17, 15) is 4.79 Å². The highest BCUT2D eigenvalue weighted by Gasteiger charge is 2.17. The molecule has 0 saturated carbocycles. The Kier molecular flexibility index (Phi) is 4.70. The monoisotopic (exact) mass is 326 g/mol. The highest BCUT2D eigenvalue weighted by molar-refractivity contribution is 5.90. The van der Waals surface area contributed by atoms with E-state index in [0.29, 0.717) is 18.1 Å². The smallest absolute Gasteiger partial charge is 0.330 e. The number of methoxy groups -OCH3 is 1. The van der Waals surface area contributed by atoms with E-state index in [2.05, 4.69) is 0 Å². The van der Waals surface area contributed by atoms with E-state index < -0.39 is 0 Å². The summed E-state index contributed by atoms with van der Waals surface area (Å²) >= 11 is 0. The lowest BCUT2D eigenvalue weighted by Crippen LogP contribution is -1.98. The predicted octanol–water partition coefficient (Wildman–Crippen LogP) is 3.67. The van der Waals surface area contributed by atoms with Gasteiger partial charge in [-0.1, -0.05) is 12.1 Å². The molecule has 24 heavy (non-hydrogen) atoms. The zero-order valence-corrected chi connectivity index (χ0v) is 13.6. The van der Waals surface area contributed by atoms with E-state index in [1.165, 1.54) is 6.08 Å². The Morgan fingerprint density at radius 1 is 1.17 bits per heavy atom. The molecule has 0 unspecified atom stereocenters. The summed E-state index contributed by atoms with van der Waals surface area (Å²) in [6.07, 6.45) is 3.13. The molecule has 2 aromatic carbocycles. The second-order valence-corrected chi connectivity index (χ2v) is 5.11. The van der Waals surface area contributed by atoms with Gasteiger partial charge in [0.15, 0.2) is 11.5 Å². The summed E-state index contributed by atoms with van der Waals surface area (Å²) in [4.78, 5) is 11.6. The minimum atomic E-state index is -0.379. The molecule has 0 bridgehead atoms. The molecule has 0 atom stereocenters. The summed E-state index contributed by atoms with van der Waals surface area (Å²) in [5.74, 6) is 1.75. The van der Waals surface area contributed by atoms with Gasteiger partial charge in [0.25, 0.3) is 0 Å². The molecule has 0 aliphatic carbocycles. The first-order valence-corrected chi connectivity index (χ1v) is 7.64. The Morgan fingerprint density at radius 3 is 2.54 bits per heavy atom. The number of carbonyl (C=O) groups is 1. The molecule has 3 rings (SSSR count). The Bertz CT molecular complexity index is 762. The molecule has 124 valence electrons. The van der Waals surface area contributed by atoms with Crippen LogP contribution in [0.5, 0.6) is 17.2 Å². The maximum Gasteiger partial charge on any atom is 0.330 e. The van der Waals surface area contributed by atoms with E-state index in [1.54, 1.807) is 20.1 Å². The lowest BCUT2D eigenvalue weighted by molar-refractivity contribution is -0.137. The van der Waals surface area contributed by atoms with E-state index in [1.807, 2.05) is 36.4 Å². The molecular formula is C19H18O5. The van der Waals surface area contributed by atoms with Crippen molar-refractivity contribution in [1.29, 1.82) is 0 Å². The van der Waals surface area contributed by atoms with Crippen molar-refractivity contribution in [3.63, 3.8) is 0 Å². The maximum absolute atomic E-state index is 11.6. The van der Waals surface area contributed by atoms with Crippen molar-refractivity contribution < 1.29 is 23.7 Å². The summed E-state index contributed by atoms with van der Waals surface area (Å²) in [5, 5.41) is 0. The van der Waals surface area contributed by atoms with Crippen molar-refractivity contribution in [3.8, 4) is 28.4 Å². The zero-order chi connectivity index (χ0) is 16.9. The average Bonchev–Trinajstić information content (AvgIpc) is 3.07. The Labute approximate surface area is 140 Å². The number of hydrogen-bond acceptors (Lipinski definition) is 5. The van der Waals surface area contributed by atoms with Gasteiger partial charge in [0, 0.05) is 6.08 Å². The van der Waals surface area contributed by atoms with Gasteiger partial charge in [-0.2, -0.15) is 0 Å². The largest absolute Gasteiger partial charge is 0.497 e. The Hall–Kier alpha value is -2.95. The van der Waals surface area contributed by atoms with Crippen LogP contribution in [0.3, 0.4) is 0 Å². The molecule has 0 fully saturated rings. The third-order valence-electron chi connectivity index (χ3n) is 3.63. The quantitative estimate of drug-likeness (QED) is 0.620. The Balaban J connectivity index is 2.00. The van der Waals surface area contributed by atoms with Crippen molar-refractivity contribution in [1.82, 2.24) is 0 Å². The van der Waals surface area contributed by atoms with E-state index in [-0.39, 0.29) is 12.8 Å². The fourth-order valence-electron chi connectivity index (χ4n) is 2.46. The van der Waals surface area contributed by atoms with Gasteiger partial charge in [-0.15, -0.1) is 0 Å². The molecule has 2 aromatic rings. The van der Waals surface area contributed by atoms with Crippen molar-refractivity contribution in [2.24, 2.45) is 0 Å². The number of ether oxygens (including phenoxy) is 4. The molecule has 0 N–H and O–H groups in total. The SMILES string of the molecule is CCOC(=O)/C=C/c1cc2c(cc1-c1ccc(OC)cc1)OCO2. The van der Waals surface area contributed by atoms with Gasteiger partial charge in [-0.25, -0.2) is 4.79 Å². The summed E-state index contributed by atoms with van der Waals surface area (Å²) < 4.78 is 21.0. The van der Waals surface area contributed by atoms with Gasteiger partial charge in [0.1, 0.15) is 5.75 Å². The first-order valence-electron chi connectivity index (χ1n) is 7.64. The third-order valence-corrected chi connectivity index (χ3v) is 3.63. The molecule has 0 amide bonds. The standard InChI is InChI=1S/C19H18O5/c1-3-22-19(20)9-6-14-10-17-18(24-12-23-17)11-16(14)13-4-7-15(21-2)8-5-13/h4-11H,3,12H2,1-2H3/b9-6+. The van der Waals surface area contributed by atoms with Gasteiger partial charge in [0.2, 0.25) is 6.79 Å². The fraction of sp³-hybridized carbons (Fsp3) is 0.211. The molecule has 5 nitrogen and oxygen atoms in total. The number of esters is 1. The average molecular weight is 326 g/mol. The lowest BCUT2D eigenvalue weighted by atomic mass is 9.98. The maximum atomic E-state index is 11.6. The highest BCUT2D eigenvalue weighted by Crippen LogP contribution is 2.39. The lowest BCUT2D eigenvalue weighted by Gasteiger charge is -2.09. The van der Waals surface area contributed by atoms with Crippen LogP contribution in [0.1, 0.15) is 12.5 Å². The fourth-order valence-corrected chi connectivity index (χ4v) is 2.46. The van der Waals surface area contributed by atoms with Gasteiger partial charge in [-0.05, 0) is 54.0 Å². The first kappa shape index (κ1) is 15.9. The molecule has 5 heteroatoms. The van der Waals surface area contributed by atoms with E-state index in [0.717, 1.165) is 22.4 Å². The third kappa shape index (κ3) is 3.35. The van der Waals surface area contributed by atoms with Crippen LogP contribution in [0.2, 0.25) is 0 Å². The van der Waals surface area contributed by atoms with Crippen LogP contribution in [-0.2, 0) is 9.53 Å². The van der Waals surface area contributed by atoms with Crippen LogP contribution in [0.15, 0.2) is 42.5 Å². The number of benzene rings is 2.